The van der Waals surface area contributed by atoms with E-state index < -0.39 is 0 Å². The van der Waals surface area contributed by atoms with E-state index in [1.807, 2.05) is 7.05 Å². The minimum Gasteiger partial charge on any atom is -0.359 e. The predicted molar refractivity (Wildman–Crippen MR) is 66.4 cm³/mol. The van der Waals surface area contributed by atoms with Crippen LogP contribution in [0.15, 0.2) is 0 Å². The summed E-state index contributed by atoms with van der Waals surface area (Å²) in [6.45, 7) is 4.57. The SMILES string of the molecule is CNCC1CCCN(CCCC(=O)NC)C1. The molecule has 0 aromatic rings. The zero-order valence-corrected chi connectivity index (χ0v) is 10.6. The van der Waals surface area contributed by atoms with Crippen LogP contribution in [0.25, 0.3) is 0 Å². The van der Waals surface area contributed by atoms with Crippen molar-refractivity contribution >= 4 is 5.91 Å². The number of carbonyl (C=O) groups is 1. The quantitative estimate of drug-likeness (QED) is 0.692. The summed E-state index contributed by atoms with van der Waals surface area (Å²) in [6.07, 6.45) is 4.27. The fraction of sp³-hybridized carbons (Fsp3) is 0.917. The summed E-state index contributed by atoms with van der Waals surface area (Å²) in [5.74, 6) is 0.947. The molecule has 0 aliphatic carbocycles. The first-order valence-electron chi connectivity index (χ1n) is 6.33. The van der Waals surface area contributed by atoms with Gasteiger partial charge in [0.2, 0.25) is 5.91 Å². The van der Waals surface area contributed by atoms with Crippen molar-refractivity contribution in [3.8, 4) is 0 Å². The minimum atomic E-state index is 0.156. The van der Waals surface area contributed by atoms with Crippen molar-refractivity contribution in [2.75, 3.05) is 40.3 Å². The van der Waals surface area contributed by atoms with Crippen molar-refractivity contribution in [1.82, 2.24) is 15.5 Å². The highest BCUT2D eigenvalue weighted by Crippen LogP contribution is 2.15. The maximum absolute atomic E-state index is 11.1. The summed E-state index contributed by atoms with van der Waals surface area (Å²) < 4.78 is 0. The van der Waals surface area contributed by atoms with Crippen LogP contribution in [-0.4, -0.2) is 51.1 Å². The van der Waals surface area contributed by atoms with E-state index in [0.717, 1.165) is 25.4 Å². The van der Waals surface area contributed by atoms with Crippen molar-refractivity contribution in [2.45, 2.75) is 25.7 Å². The Bertz CT molecular complexity index is 206. The smallest absolute Gasteiger partial charge is 0.219 e. The fourth-order valence-corrected chi connectivity index (χ4v) is 2.40. The van der Waals surface area contributed by atoms with Gasteiger partial charge in [-0.15, -0.1) is 0 Å². The normalized spacial score (nSPS) is 22.0. The molecule has 4 nitrogen and oxygen atoms in total. The summed E-state index contributed by atoms with van der Waals surface area (Å²) in [7, 11) is 3.72. The Morgan fingerprint density at radius 3 is 2.94 bits per heavy atom. The van der Waals surface area contributed by atoms with E-state index in [9.17, 15) is 4.79 Å². The number of piperidine rings is 1. The molecular weight excluding hydrogens is 202 g/mol. The zero-order chi connectivity index (χ0) is 11.8. The second-order valence-electron chi connectivity index (χ2n) is 4.64. The van der Waals surface area contributed by atoms with Gasteiger partial charge in [0.1, 0.15) is 0 Å². The molecule has 1 atom stereocenters. The van der Waals surface area contributed by atoms with Gasteiger partial charge < -0.3 is 15.5 Å². The summed E-state index contributed by atoms with van der Waals surface area (Å²) in [5, 5.41) is 5.91. The summed E-state index contributed by atoms with van der Waals surface area (Å²) in [6, 6.07) is 0. The van der Waals surface area contributed by atoms with Crippen LogP contribution >= 0.6 is 0 Å². The highest BCUT2D eigenvalue weighted by Gasteiger charge is 2.18. The summed E-state index contributed by atoms with van der Waals surface area (Å²) in [4.78, 5) is 13.6. The number of hydrogen-bond donors (Lipinski definition) is 2. The van der Waals surface area contributed by atoms with Gasteiger partial charge in [0.15, 0.2) is 0 Å². The van der Waals surface area contributed by atoms with E-state index >= 15 is 0 Å². The molecule has 0 bridgehead atoms. The van der Waals surface area contributed by atoms with E-state index in [0.29, 0.717) is 6.42 Å². The molecule has 1 amide bonds. The highest BCUT2D eigenvalue weighted by atomic mass is 16.1. The third-order valence-electron chi connectivity index (χ3n) is 3.25. The molecule has 1 rings (SSSR count). The lowest BCUT2D eigenvalue weighted by Crippen LogP contribution is -2.39. The number of hydrogen-bond acceptors (Lipinski definition) is 3. The molecule has 16 heavy (non-hydrogen) atoms. The van der Waals surface area contributed by atoms with Gasteiger partial charge in [0.25, 0.3) is 0 Å². The number of carbonyl (C=O) groups excluding carboxylic acids is 1. The first kappa shape index (κ1) is 13.5. The first-order valence-corrected chi connectivity index (χ1v) is 6.33. The van der Waals surface area contributed by atoms with Gasteiger partial charge in [-0.1, -0.05) is 0 Å². The number of nitrogens with one attached hydrogen (secondary N) is 2. The number of likely N-dealkylation sites (tertiary alicyclic amines) is 1. The van der Waals surface area contributed by atoms with E-state index in [1.165, 1.54) is 25.9 Å². The Labute approximate surface area is 98.8 Å². The molecule has 1 aliphatic heterocycles. The van der Waals surface area contributed by atoms with Crippen molar-refractivity contribution in [2.24, 2.45) is 5.92 Å². The van der Waals surface area contributed by atoms with Gasteiger partial charge >= 0.3 is 0 Å². The number of nitrogens with zero attached hydrogens (tertiary/aromatic N) is 1. The van der Waals surface area contributed by atoms with Crippen molar-refractivity contribution in [3.63, 3.8) is 0 Å². The maximum atomic E-state index is 11.1. The Morgan fingerprint density at radius 1 is 1.44 bits per heavy atom. The Morgan fingerprint density at radius 2 is 2.25 bits per heavy atom. The molecule has 1 aliphatic rings. The molecule has 0 radical (unpaired) electrons. The molecular formula is C12H25N3O. The van der Waals surface area contributed by atoms with Crippen molar-refractivity contribution < 1.29 is 4.79 Å². The third kappa shape index (κ3) is 4.94. The Kier molecular flexibility index (Phi) is 6.42. The molecule has 1 unspecified atom stereocenters. The van der Waals surface area contributed by atoms with Crippen molar-refractivity contribution in [1.29, 1.82) is 0 Å². The van der Waals surface area contributed by atoms with Gasteiger partial charge in [-0.3, -0.25) is 4.79 Å². The molecule has 1 saturated heterocycles. The number of amides is 1. The van der Waals surface area contributed by atoms with Crippen LogP contribution in [0.4, 0.5) is 0 Å². The Hall–Kier alpha value is -0.610. The predicted octanol–water partition coefficient (Wildman–Crippen LogP) is 0.444. The largest absolute Gasteiger partial charge is 0.359 e. The molecule has 4 heteroatoms. The lowest BCUT2D eigenvalue weighted by atomic mass is 9.98. The molecule has 1 fully saturated rings. The van der Waals surface area contributed by atoms with Gasteiger partial charge in [-0.05, 0) is 51.9 Å². The van der Waals surface area contributed by atoms with Gasteiger partial charge in [0.05, 0.1) is 0 Å². The Balaban J connectivity index is 2.14. The summed E-state index contributed by atoms with van der Waals surface area (Å²) in [5.41, 5.74) is 0. The lowest BCUT2D eigenvalue weighted by molar-refractivity contribution is -0.120. The fourth-order valence-electron chi connectivity index (χ4n) is 2.40. The van der Waals surface area contributed by atoms with E-state index in [-0.39, 0.29) is 5.91 Å². The minimum absolute atomic E-state index is 0.156. The highest BCUT2D eigenvalue weighted by molar-refractivity contribution is 5.75. The number of rotatable bonds is 6. The molecule has 1 heterocycles. The van der Waals surface area contributed by atoms with Crippen molar-refractivity contribution in [3.05, 3.63) is 0 Å². The van der Waals surface area contributed by atoms with Crippen LogP contribution < -0.4 is 10.6 Å². The third-order valence-corrected chi connectivity index (χ3v) is 3.25. The molecule has 0 saturated carbocycles. The second-order valence-corrected chi connectivity index (χ2v) is 4.64. The standard InChI is InChI=1S/C12H25N3O/c1-13-9-11-5-3-7-15(10-11)8-4-6-12(16)14-2/h11,13H,3-10H2,1-2H3,(H,14,16). The zero-order valence-electron chi connectivity index (χ0n) is 10.6. The van der Waals surface area contributed by atoms with Crippen LogP contribution in [0.5, 0.6) is 0 Å². The molecule has 2 N–H and O–H groups in total. The van der Waals surface area contributed by atoms with Gasteiger partial charge in [0, 0.05) is 20.0 Å². The van der Waals surface area contributed by atoms with Crippen LogP contribution in [0, 0.1) is 5.92 Å². The molecule has 0 aromatic heterocycles. The van der Waals surface area contributed by atoms with Crippen LogP contribution in [0.3, 0.4) is 0 Å². The average Bonchev–Trinajstić information content (AvgIpc) is 2.30. The second kappa shape index (κ2) is 7.63. The average molecular weight is 227 g/mol. The van der Waals surface area contributed by atoms with E-state index in [4.69, 9.17) is 0 Å². The first-order chi connectivity index (χ1) is 7.76. The monoisotopic (exact) mass is 227 g/mol. The molecule has 0 aromatic carbocycles. The molecule has 0 spiro atoms. The van der Waals surface area contributed by atoms with E-state index in [1.54, 1.807) is 7.05 Å². The summed E-state index contributed by atoms with van der Waals surface area (Å²) >= 11 is 0. The van der Waals surface area contributed by atoms with Gasteiger partial charge in [-0.2, -0.15) is 0 Å². The van der Waals surface area contributed by atoms with Crippen LogP contribution in [-0.2, 0) is 4.79 Å². The van der Waals surface area contributed by atoms with Gasteiger partial charge in [-0.25, -0.2) is 0 Å². The topological polar surface area (TPSA) is 44.4 Å². The lowest BCUT2D eigenvalue weighted by Gasteiger charge is -2.32. The maximum Gasteiger partial charge on any atom is 0.219 e. The molecule has 94 valence electrons. The van der Waals surface area contributed by atoms with Crippen LogP contribution in [0.2, 0.25) is 0 Å². The van der Waals surface area contributed by atoms with Crippen LogP contribution in [0.1, 0.15) is 25.7 Å². The van der Waals surface area contributed by atoms with E-state index in [2.05, 4.69) is 15.5 Å².